The lowest BCUT2D eigenvalue weighted by atomic mass is 10.1. The zero-order chi connectivity index (χ0) is 19.8. The molecule has 1 aliphatic heterocycles. The van der Waals surface area contributed by atoms with Gasteiger partial charge in [-0.05, 0) is 35.8 Å². The third-order valence-corrected chi connectivity index (χ3v) is 9.90. The van der Waals surface area contributed by atoms with Crippen molar-refractivity contribution in [2.45, 2.75) is 63.8 Å². The Labute approximate surface area is 155 Å². The van der Waals surface area contributed by atoms with E-state index in [0.29, 0.717) is 6.54 Å². The highest BCUT2D eigenvalue weighted by Crippen LogP contribution is 2.38. The van der Waals surface area contributed by atoms with Crippen LogP contribution in [0.2, 0.25) is 18.1 Å². The maximum absolute atomic E-state index is 13.4. The molecule has 0 bridgehead atoms. The Kier molecular flexibility index (Phi) is 5.82. The summed E-state index contributed by atoms with van der Waals surface area (Å²) >= 11 is 0. The number of carboxylic acid groups (broad SMARTS) is 1. The van der Waals surface area contributed by atoms with Gasteiger partial charge in [-0.25, -0.2) is 13.6 Å². The van der Waals surface area contributed by atoms with Crippen LogP contribution in [-0.4, -0.2) is 44.5 Å². The zero-order valence-electron chi connectivity index (χ0n) is 16.2. The number of carboxylic acids is 1. The van der Waals surface area contributed by atoms with Crippen molar-refractivity contribution in [1.29, 1.82) is 0 Å². The summed E-state index contributed by atoms with van der Waals surface area (Å²) in [6.07, 6.45) is -0.771. The van der Waals surface area contributed by atoms with Gasteiger partial charge in [0.1, 0.15) is 6.10 Å². The lowest BCUT2D eigenvalue weighted by molar-refractivity contribution is -0.145. The second-order valence-corrected chi connectivity index (χ2v) is 13.4. The van der Waals surface area contributed by atoms with Crippen LogP contribution in [0, 0.1) is 0 Å². The predicted octanol–water partition coefficient (Wildman–Crippen LogP) is 4.55. The summed E-state index contributed by atoms with van der Waals surface area (Å²) in [6, 6.07) is 7.16. The Balaban J connectivity index is 2.07. The molecular weight excluding hydrogens is 356 g/mol. The van der Waals surface area contributed by atoms with E-state index in [0.717, 1.165) is 11.3 Å². The van der Waals surface area contributed by atoms with E-state index in [1.165, 1.54) is 0 Å². The van der Waals surface area contributed by atoms with E-state index in [1.54, 1.807) is 29.2 Å². The molecule has 4 nitrogen and oxygen atoms in total. The van der Waals surface area contributed by atoms with Crippen LogP contribution in [0.4, 0.5) is 14.5 Å². The van der Waals surface area contributed by atoms with E-state index in [4.69, 9.17) is 4.43 Å². The summed E-state index contributed by atoms with van der Waals surface area (Å²) in [4.78, 5) is 13.3. The Morgan fingerprint density at radius 1 is 1.31 bits per heavy atom. The van der Waals surface area contributed by atoms with Crippen LogP contribution in [0.3, 0.4) is 0 Å². The van der Waals surface area contributed by atoms with Crippen molar-refractivity contribution in [3.05, 3.63) is 29.8 Å². The summed E-state index contributed by atoms with van der Waals surface area (Å²) in [5, 5.41) is 9.48. The number of hydrogen-bond acceptors (Lipinski definition) is 3. The van der Waals surface area contributed by atoms with Crippen LogP contribution < -0.4 is 4.90 Å². The topological polar surface area (TPSA) is 49.8 Å². The molecule has 26 heavy (non-hydrogen) atoms. The van der Waals surface area contributed by atoms with Gasteiger partial charge in [0.2, 0.25) is 0 Å². The second kappa shape index (κ2) is 7.27. The molecule has 0 aliphatic carbocycles. The highest BCUT2D eigenvalue weighted by atomic mass is 28.4. The fourth-order valence-electron chi connectivity index (χ4n) is 2.73. The number of rotatable bonds is 6. The summed E-state index contributed by atoms with van der Waals surface area (Å²) < 4.78 is 32.8. The van der Waals surface area contributed by atoms with Crippen molar-refractivity contribution >= 4 is 20.0 Å². The molecule has 0 spiro atoms. The van der Waals surface area contributed by atoms with Crippen molar-refractivity contribution in [3.63, 3.8) is 0 Å². The van der Waals surface area contributed by atoms with E-state index in [1.807, 2.05) is 13.1 Å². The SMILES string of the molecule is CC(C)(C)[Si](C)(C)O[C@H](Cc1ccc(N2CCC(F)(F)C2)cc1)C(=O)O. The van der Waals surface area contributed by atoms with Crippen LogP contribution >= 0.6 is 0 Å². The quantitative estimate of drug-likeness (QED) is 0.730. The largest absolute Gasteiger partial charge is 0.479 e. The Morgan fingerprint density at radius 3 is 2.31 bits per heavy atom. The molecular formula is C19H29F2NO3Si. The smallest absolute Gasteiger partial charge is 0.331 e. The average molecular weight is 386 g/mol. The van der Waals surface area contributed by atoms with Gasteiger partial charge in [0, 0.05) is 25.1 Å². The maximum Gasteiger partial charge on any atom is 0.331 e. The lowest BCUT2D eigenvalue weighted by Gasteiger charge is -2.38. The van der Waals surface area contributed by atoms with Gasteiger partial charge in [-0.3, -0.25) is 0 Å². The molecule has 1 saturated heterocycles. The van der Waals surface area contributed by atoms with Crippen LogP contribution in [-0.2, 0) is 15.6 Å². The molecule has 0 amide bonds. The number of halogens is 2. The van der Waals surface area contributed by atoms with Gasteiger partial charge in [0.05, 0.1) is 6.54 Å². The number of alkyl halides is 2. The van der Waals surface area contributed by atoms with Gasteiger partial charge >= 0.3 is 5.97 Å². The van der Waals surface area contributed by atoms with Gasteiger partial charge in [-0.1, -0.05) is 32.9 Å². The molecule has 2 rings (SSSR count). The first-order valence-electron chi connectivity index (χ1n) is 8.93. The molecule has 1 aromatic carbocycles. The van der Waals surface area contributed by atoms with Gasteiger partial charge in [0.15, 0.2) is 8.32 Å². The minimum absolute atomic E-state index is 0.0778. The molecule has 0 unspecified atom stereocenters. The molecule has 146 valence electrons. The van der Waals surface area contributed by atoms with Crippen LogP contribution in [0.1, 0.15) is 32.8 Å². The molecule has 1 aliphatic rings. The fraction of sp³-hybridized carbons (Fsp3) is 0.632. The number of benzene rings is 1. The van der Waals surface area contributed by atoms with Gasteiger partial charge in [0.25, 0.3) is 5.92 Å². The van der Waals surface area contributed by atoms with Crippen LogP contribution in [0.25, 0.3) is 0 Å². The first-order chi connectivity index (χ1) is 11.8. The number of nitrogens with zero attached hydrogens (tertiary/aromatic N) is 1. The Hall–Kier alpha value is -1.47. The summed E-state index contributed by atoms with van der Waals surface area (Å²) in [5.74, 6) is -3.61. The third kappa shape index (κ3) is 5.04. The number of carbonyl (C=O) groups is 1. The first-order valence-corrected chi connectivity index (χ1v) is 11.8. The molecule has 0 aromatic heterocycles. The van der Waals surface area contributed by atoms with Crippen molar-refractivity contribution in [2.24, 2.45) is 0 Å². The number of hydrogen-bond donors (Lipinski definition) is 1. The van der Waals surface area contributed by atoms with Crippen LogP contribution in [0.15, 0.2) is 24.3 Å². The van der Waals surface area contributed by atoms with Gasteiger partial charge in [-0.15, -0.1) is 0 Å². The van der Waals surface area contributed by atoms with E-state index in [-0.39, 0.29) is 24.4 Å². The molecule has 1 heterocycles. The Bertz CT molecular complexity index is 641. The van der Waals surface area contributed by atoms with Crippen LogP contribution in [0.5, 0.6) is 0 Å². The molecule has 7 heteroatoms. The molecule has 1 atom stereocenters. The fourth-order valence-corrected chi connectivity index (χ4v) is 3.97. The molecule has 0 radical (unpaired) electrons. The highest BCUT2D eigenvalue weighted by molar-refractivity contribution is 6.74. The number of aliphatic carboxylic acids is 1. The minimum Gasteiger partial charge on any atom is -0.479 e. The standard InChI is InChI=1S/C19H29F2NO3Si/c1-18(2,3)26(4,5)25-16(17(23)24)12-14-6-8-15(9-7-14)22-11-10-19(20,21)13-22/h6-9,16H,10-13H2,1-5H3,(H,23,24)/t16-/m1/s1. The monoisotopic (exact) mass is 385 g/mol. The van der Waals surface area contributed by atoms with Gasteiger partial charge < -0.3 is 14.4 Å². The average Bonchev–Trinajstić information content (AvgIpc) is 2.86. The summed E-state index contributed by atoms with van der Waals surface area (Å²) in [5.41, 5.74) is 1.56. The van der Waals surface area contributed by atoms with E-state index < -0.39 is 26.3 Å². The second-order valence-electron chi connectivity index (χ2n) is 8.60. The highest BCUT2D eigenvalue weighted by Gasteiger charge is 2.41. The predicted molar refractivity (Wildman–Crippen MR) is 102 cm³/mol. The summed E-state index contributed by atoms with van der Waals surface area (Å²) in [7, 11) is -2.21. The normalized spacial score (nSPS) is 18.8. The van der Waals surface area contributed by atoms with Crippen molar-refractivity contribution in [3.8, 4) is 0 Å². The maximum atomic E-state index is 13.4. The zero-order valence-corrected chi connectivity index (χ0v) is 17.2. The molecule has 1 aromatic rings. The number of anilines is 1. The summed E-state index contributed by atoms with van der Waals surface area (Å²) in [6.45, 7) is 10.3. The van der Waals surface area contributed by atoms with Crippen molar-refractivity contribution in [1.82, 2.24) is 0 Å². The van der Waals surface area contributed by atoms with Crippen molar-refractivity contribution < 1.29 is 23.1 Å². The molecule has 0 saturated carbocycles. The lowest BCUT2D eigenvalue weighted by Crippen LogP contribution is -2.46. The third-order valence-electron chi connectivity index (χ3n) is 5.41. The first kappa shape index (κ1) is 20.8. The van der Waals surface area contributed by atoms with E-state index >= 15 is 0 Å². The minimum atomic E-state index is -2.63. The molecule has 1 N–H and O–H groups in total. The van der Waals surface area contributed by atoms with Crippen molar-refractivity contribution in [2.75, 3.05) is 18.0 Å². The molecule has 1 fully saturated rings. The van der Waals surface area contributed by atoms with E-state index in [2.05, 4.69) is 20.8 Å². The Morgan fingerprint density at radius 2 is 1.88 bits per heavy atom. The van der Waals surface area contributed by atoms with Gasteiger partial charge in [-0.2, -0.15) is 0 Å². The van der Waals surface area contributed by atoms with E-state index in [9.17, 15) is 18.7 Å².